The third-order valence-electron chi connectivity index (χ3n) is 3.13. The average molecular weight is 253 g/mol. The molecule has 0 aliphatic carbocycles. The van der Waals surface area contributed by atoms with Crippen molar-refractivity contribution in [2.75, 3.05) is 5.32 Å². The first-order valence-electron chi connectivity index (χ1n) is 6.16. The maximum Gasteiger partial charge on any atom is 0.181 e. The standard InChI is InChI=1S/C15H15N3O/c1-18-8-2-3-14(18)9-17-13-6-4-12(5-7-13)15-10-16-11-19-15/h2-8,10-11,17H,9H2,1H3. The molecule has 0 aliphatic heterocycles. The van der Waals surface area contributed by atoms with Gasteiger partial charge in [-0.1, -0.05) is 0 Å². The quantitative estimate of drug-likeness (QED) is 0.775. The highest BCUT2D eigenvalue weighted by atomic mass is 16.3. The Hall–Kier alpha value is -2.49. The van der Waals surface area contributed by atoms with Crippen LogP contribution in [0.1, 0.15) is 5.69 Å². The molecule has 4 heteroatoms. The molecule has 0 saturated heterocycles. The molecule has 1 N–H and O–H groups in total. The predicted molar refractivity (Wildman–Crippen MR) is 74.7 cm³/mol. The zero-order valence-electron chi connectivity index (χ0n) is 10.7. The molecule has 4 nitrogen and oxygen atoms in total. The van der Waals surface area contributed by atoms with Crippen molar-refractivity contribution in [1.82, 2.24) is 9.55 Å². The number of hydrogen-bond donors (Lipinski definition) is 1. The van der Waals surface area contributed by atoms with E-state index in [1.165, 1.54) is 12.1 Å². The molecule has 96 valence electrons. The van der Waals surface area contributed by atoms with Gasteiger partial charge >= 0.3 is 0 Å². The van der Waals surface area contributed by atoms with Crippen LogP contribution in [0.2, 0.25) is 0 Å². The molecule has 0 atom stereocenters. The largest absolute Gasteiger partial charge is 0.444 e. The van der Waals surface area contributed by atoms with Crippen molar-refractivity contribution in [3.8, 4) is 11.3 Å². The molecule has 0 aliphatic rings. The van der Waals surface area contributed by atoms with E-state index in [1.807, 2.05) is 43.6 Å². The summed E-state index contributed by atoms with van der Waals surface area (Å²) in [6.45, 7) is 0.811. The van der Waals surface area contributed by atoms with Crippen LogP contribution in [0.25, 0.3) is 11.3 Å². The molecule has 2 heterocycles. The van der Waals surface area contributed by atoms with Crippen molar-refractivity contribution in [1.29, 1.82) is 0 Å². The second-order valence-electron chi connectivity index (χ2n) is 4.41. The summed E-state index contributed by atoms with van der Waals surface area (Å²) in [6, 6.07) is 12.3. The lowest BCUT2D eigenvalue weighted by Gasteiger charge is -2.08. The van der Waals surface area contributed by atoms with Crippen molar-refractivity contribution in [2.45, 2.75) is 6.54 Å². The number of anilines is 1. The van der Waals surface area contributed by atoms with Crippen LogP contribution in [0, 0.1) is 0 Å². The minimum Gasteiger partial charge on any atom is -0.444 e. The third kappa shape index (κ3) is 2.52. The lowest BCUT2D eigenvalue weighted by Crippen LogP contribution is -2.03. The summed E-state index contributed by atoms with van der Waals surface area (Å²) in [6.07, 6.45) is 5.20. The minimum atomic E-state index is 0.786. The Morgan fingerprint density at radius 2 is 2.05 bits per heavy atom. The number of hydrogen-bond acceptors (Lipinski definition) is 3. The van der Waals surface area contributed by atoms with Crippen molar-refractivity contribution in [2.24, 2.45) is 7.05 Å². The van der Waals surface area contributed by atoms with Crippen LogP contribution in [-0.4, -0.2) is 9.55 Å². The van der Waals surface area contributed by atoms with E-state index in [2.05, 4.69) is 20.9 Å². The van der Waals surface area contributed by atoms with Crippen LogP contribution in [0.3, 0.4) is 0 Å². The fourth-order valence-corrected chi connectivity index (χ4v) is 1.98. The van der Waals surface area contributed by atoms with Gasteiger partial charge in [0, 0.05) is 30.2 Å². The van der Waals surface area contributed by atoms with Crippen molar-refractivity contribution in [3.63, 3.8) is 0 Å². The Morgan fingerprint density at radius 3 is 2.68 bits per heavy atom. The van der Waals surface area contributed by atoms with Gasteiger partial charge in [0.2, 0.25) is 0 Å². The topological polar surface area (TPSA) is 43.0 Å². The van der Waals surface area contributed by atoms with Crippen LogP contribution in [-0.2, 0) is 13.6 Å². The minimum absolute atomic E-state index is 0.786. The normalized spacial score (nSPS) is 10.6. The van der Waals surface area contributed by atoms with E-state index < -0.39 is 0 Å². The van der Waals surface area contributed by atoms with Crippen LogP contribution in [0.15, 0.2) is 59.6 Å². The Morgan fingerprint density at radius 1 is 1.21 bits per heavy atom. The number of rotatable bonds is 4. The van der Waals surface area contributed by atoms with Crippen LogP contribution < -0.4 is 5.32 Å². The van der Waals surface area contributed by atoms with Gasteiger partial charge in [-0.25, -0.2) is 4.98 Å². The van der Waals surface area contributed by atoms with E-state index in [-0.39, 0.29) is 0 Å². The highest BCUT2D eigenvalue weighted by molar-refractivity contribution is 5.60. The summed E-state index contributed by atoms with van der Waals surface area (Å²) in [4.78, 5) is 3.92. The summed E-state index contributed by atoms with van der Waals surface area (Å²) in [5.41, 5.74) is 3.37. The summed E-state index contributed by atoms with van der Waals surface area (Å²) in [7, 11) is 2.05. The van der Waals surface area contributed by atoms with Crippen molar-refractivity contribution >= 4 is 5.69 Å². The monoisotopic (exact) mass is 253 g/mol. The molecule has 0 fully saturated rings. The molecular formula is C15H15N3O. The summed E-state index contributed by atoms with van der Waals surface area (Å²) < 4.78 is 7.37. The van der Waals surface area contributed by atoms with Gasteiger partial charge in [-0.15, -0.1) is 0 Å². The van der Waals surface area contributed by atoms with E-state index in [0.29, 0.717) is 0 Å². The Labute approximate surface area is 111 Å². The van der Waals surface area contributed by atoms with Gasteiger partial charge in [0.15, 0.2) is 12.2 Å². The fourth-order valence-electron chi connectivity index (χ4n) is 1.98. The summed E-state index contributed by atoms with van der Waals surface area (Å²) in [5.74, 6) is 0.786. The first kappa shape index (κ1) is 11.6. The number of oxazole rings is 1. The molecule has 19 heavy (non-hydrogen) atoms. The zero-order chi connectivity index (χ0) is 13.1. The number of benzene rings is 1. The molecule has 0 saturated carbocycles. The van der Waals surface area contributed by atoms with E-state index in [1.54, 1.807) is 6.20 Å². The van der Waals surface area contributed by atoms with Gasteiger partial charge in [-0.3, -0.25) is 0 Å². The maximum absolute atomic E-state index is 5.26. The molecule has 0 radical (unpaired) electrons. The molecule has 2 aromatic heterocycles. The highest BCUT2D eigenvalue weighted by Crippen LogP contribution is 2.20. The second kappa shape index (κ2) is 5.02. The van der Waals surface area contributed by atoms with E-state index in [0.717, 1.165) is 23.6 Å². The lowest BCUT2D eigenvalue weighted by molar-refractivity contribution is 0.572. The molecule has 0 unspecified atom stereocenters. The van der Waals surface area contributed by atoms with Gasteiger partial charge in [0.25, 0.3) is 0 Å². The van der Waals surface area contributed by atoms with Gasteiger partial charge < -0.3 is 14.3 Å². The van der Waals surface area contributed by atoms with E-state index in [4.69, 9.17) is 4.42 Å². The van der Waals surface area contributed by atoms with Gasteiger partial charge in [0.1, 0.15) is 0 Å². The number of nitrogens with one attached hydrogen (secondary N) is 1. The van der Waals surface area contributed by atoms with Gasteiger partial charge in [0.05, 0.1) is 12.7 Å². The SMILES string of the molecule is Cn1cccc1CNc1ccc(-c2cnco2)cc1. The van der Waals surface area contributed by atoms with Crippen LogP contribution in [0.4, 0.5) is 5.69 Å². The number of nitrogens with zero attached hydrogens (tertiary/aromatic N) is 2. The Bertz CT molecular complexity index is 638. The molecule has 0 spiro atoms. The Kier molecular flexibility index (Phi) is 3.06. The smallest absolute Gasteiger partial charge is 0.181 e. The summed E-state index contributed by atoms with van der Waals surface area (Å²) >= 11 is 0. The summed E-state index contributed by atoms with van der Waals surface area (Å²) in [5, 5.41) is 3.39. The molecule has 3 aromatic rings. The van der Waals surface area contributed by atoms with Crippen LogP contribution >= 0.6 is 0 Å². The molecule has 0 bridgehead atoms. The average Bonchev–Trinajstić information content (AvgIpc) is 3.09. The Balaban J connectivity index is 1.68. The first-order valence-corrected chi connectivity index (χ1v) is 6.16. The molecule has 3 rings (SSSR count). The maximum atomic E-state index is 5.26. The zero-order valence-corrected chi connectivity index (χ0v) is 10.7. The van der Waals surface area contributed by atoms with Gasteiger partial charge in [-0.05, 0) is 36.4 Å². The van der Waals surface area contributed by atoms with Gasteiger partial charge in [-0.2, -0.15) is 0 Å². The van der Waals surface area contributed by atoms with Crippen molar-refractivity contribution in [3.05, 3.63) is 60.9 Å². The number of aromatic nitrogens is 2. The molecule has 0 amide bonds. The highest BCUT2D eigenvalue weighted by Gasteiger charge is 2.01. The van der Waals surface area contributed by atoms with Crippen LogP contribution in [0.5, 0.6) is 0 Å². The first-order chi connectivity index (χ1) is 9.33. The van der Waals surface area contributed by atoms with E-state index >= 15 is 0 Å². The molecular weight excluding hydrogens is 238 g/mol. The predicted octanol–water partition coefficient (Wildman–Crippen LogP) is 3.29. The number of aryl methyl sites for hydroxylation is 1. The third-order valence-corrected chi connectivity index (χ3v) is 3.13. The van der Waals surface area contributed by atoms with Crippen molar-refractivity contribution < 1.29 is 4.42 Å². The fraction of sp³-hybridized carbons (Fsp3) is 0.133. The van der Waals surface area contributed by atoms with E-state index in [9.17, 15) is 0 Å². The second-order valence-corrected chi connectivity index (χ2v) is 4.41. The molecule has 1 aromatic carbocycles. The lowest BCUT2D eigenvalue weighted by atomic mass is 10.1.